The first-order valence-corrected chi connectivity index (χ1v) is 11.8. The number of amides is 1. The Kier molecular flexibility index (Phi) is 5.19. The highest BCUT2D eigenvalue weighted by molar-refractivity contribution is 7.19. The molecule has 2 aliphatic rings. The Hall–Kier alpha value is -2.47. The maximum atomic E-state index is 13.4. The smallest absolute Gasteiger partial charge is 0.263 e. The molecule has 6 heteroatoms. The summed E-state index contributed by atoms with van der Waals surface area (Å²) >= 11 is 1.54. The van der Waals surface area contributed by atoms with E-state index in [1.54, 1.807) is 6.33 Å². The average molecular weight is 422 g/mol. The molecule has 1 saturated heterocycles. The van der Waals surface area contributed by atoms with E-state index in [9.17, 15) is 9.59 Å². The van der Waals surface area contributed by atoms with Gasteiger partial charge in [-0.25, -0.2) is 4.98 Å². The molecule has 1 aliphatic carbocycles. The van der Waals surface area contributed by atoms with Crippen LogP contribution in [0.15, 0.2) is 41.5 Å². The van der Waals surface area contributed by atoms with Gasteiger partial charge in [-0.1, -0.05) is 43.2 Å². The predicted octanol–water partition coefficient (Wildman–Crippen LogP) is 4.61. The van der Waals surface area contributed by atoms with Gasteiger partial charge in [0.15, 0.2) is 0 Å². The first kappa shape index (κ1) is 19.5. The van der Waals surface area contributed by atoms with E-state index in [0.29, 0.717) is 17.3 Å². The van der Waals surface area contributed by atoms with Crippen molar-refractivity contribution in [3.8, 4) is 11.1 Å². The molecule has 5 rings (SSSR count). The molecule has 0 spiro atoms. The third-order valence-electron chi connectivity index (χ3n) is 6.79. The average Bonchev–Trinajstić information content (AvgIpc) is 3.12. The summed E-state index contributed by atoms with van der Waals surface area (Å²) in [7, 11) is 0. The number of hydrogen-bond donors (Lipinski definition) is 0. The summed E-state index contributed by atoms with van der Waals surface area (Å²) in [5, 5.41) is 0.633. The molecule has 1 aliphatic heterocycles. The molecular weight excluding hydrogens is 394 g/mol. The standard InChI is InChI=1S/C24H27N3O2S/c1-16-21(18-9-3-2-4-10-18)22-23(30-16)25-15-26(24(22)29)14-20(28)27-13-7-11-17-8-5-6-12-19(17)27/h2-4,9-10,15,17,19H,5-8,11-14H2,1H3. The largest absolute Gasteiger partial charge is 0.338 e. The highest BCUT2D eigenvalue weighted by Crippen LogP contribution is 2.36. The molecule has 5 nitrogen and oxygen atoms in total. The van der Waals surface area contributed by atoms with Crippen molar-refractivity contribution >= 4 is 27.5 Å². The quantitative estimate of drug-likeness (QED) is 0.620. The molecule has 2 fully saturated rings. The van der Waals surface area contributed by atoms with Gasteiger partial charge in [0.05, 0.1) is 11.7 Å². The van der Waals surface area contributed by atoms with Gasteiger partial charge in [0.2, 0.25) is 5.91 Å². The molecule has 30 heavy (non-hydrogen) atoms. The Morgan fingerprint density at radius 3 is 2.73 bits per heavy atom. The second kappa shape index (κ2) is 7.99. The number of carbonyl (C=O) groups is 1. The first-order chi connectivity index (χ1) is 14.6. The van der Waals surface area contributed by atoms with Crippen LogP contribution >= 0.6 is 11.3 Å². The summed E-state index contributed by atoms with van der Waals surface area (Å²) in [4.78, 5) is 35.0. The van der Waals surface area contributed by atoms with Crippen molar-refractivity contribution < 1.29 is 4.79 Å². The maximum Gasteiger partial charge on any atom is 0.263 e. The second-order valence-electron chi connectivity index (χ2n) is 8.60. The van der Waals surface area contributed by atoms with E-state index in [1.807, 2.05) is 37.3 Å². The van der Waals surface area contributed by atoms with Crippen LogP contribution in [-0.4, -0.2) is 32.9 Å². The van der Waals surface area contributed by atoms with Gasteiger partial charge in [-0.2, -0.15) is 0 Å². The van der Waals surface area contributed by atoms with E-state index >= 15 is 0 Å². The van der Waals surface area contributed by atoms with Crippen LogP contribution < -0.4 is 5.56 Å². The fourth-order valence-electron chi connectivity index (χ4n) is 5.37. The fraction of sp³-hybridized carbons (Fsp3) is 0.458. The highest BCUT2D eigenvalue weighted by atomic mass is 32.1. The Labute approximate surface area is 180 Å². The molecule has 2 unspecified atom stereocenters. The number of fused-ring (bicyclic) bond motifs is 2. The lowest BCUT2D eigenvalue weighted by molar-refractivity contribution is -0.138. The Bertz CT molecular complexity index is 1130. The van der Waals surface area contributed by atoms with Crippen LogP contribution in [0.2, 0.25) is 0 Å². The normalized spacial score (nSPS) is 21.6. The molecule has 0 radical (unpaired) electrons. The zero-order valence-corrected chi connectivity index (χ0v) is 18.2. The SMILES string of the molecule is Cc1sc2ncn(CC(=O)N3CCCC4CCCCC43)c(=O)c2c1-c1ccccc1. The molecule has 156 valence electrons. The van der Waals surface area contributed by atoms with Crippen LogP contribution in [0.4, 0.5) is 0 Å². The minimum Gasteiger partial charge on any atom is -0.338 e. The molecule has 1 saturated carbocycles. The summed E-state index contributed by atoms with van der Waals surface area (Å²) in [6.45, 7) is 2.92. The molecule has 1 amide bonds. The van der Waals surface area contributed by atoms with E-state index in [4.69, 9.17) is 0 Å². The first-order valence-electron chi connectivity index (χ1n) is 11.0. The molecule has 2 atom stereocenters. The van der Waals surface area contributed by atoms with Gasteiger partial charge in [0, 0.05) is 23.0 Å². The predicted molar refractivity (Wildman–Crippen MR) is 121 cm³/mol. The number of carbonyl (C=O) groups excluding carboxylic acids is 1. The highest BCUT2D eigenvalue weighted by Gasteiger charge is 2.35. The van der Waals surface area contributed by atoms with E-state index < -0.39 is 0 Å². The van der Waals surface area contributed by atoms with Crippen molar-refractivity contribution in [3.05, 3.63) is 51.9 Å². The zero-order chi connectivity index (χ0) is 20.7. The number of hydrogen-bond acceptors (Lipinski definition) is 4. The number of piperidine rings is 1. The molecule has 1 aromatic carbocycles. The Morgan fingerprint density at radius 2 is 1.90 bits per heavy atom. The second-order valence-corrected chi connectivity index (χ2v) is 9.80. The fourth-order valence-corrected chi connectivity index (χ4v) is 6.38. The van der Waals surface area contributed by atoms with Crippen molar-refractivity contribution in [2.24, 2.45) is 5.92 Å². The van der Waals surface area contributed by atoms with Crippen LogP contribution in [0.3, 0.4) is 0 Å². The lowest BCUT2D eigenvalue weighted by atomic mass is 9.78. The molecule has 0 N–H and O–H groups in total. The number of aromatic nitrogens is 2. The van der Waals surface area contributed by atoms with E-state index in [1.165, 1.54) is 41.6 Å². The number of aryl methyl sites for hydroxylation is 1. The van der Waals surface area contributed by atoms with Gasteiger partial charge in [-0.3, -0.25) is 14.2 Å². The van der Waals surface area contributed by atoms with Crippen LogP contribution in [0.25, 0.3) is 21.3 Å². The number of benzene rings is 1. The number of thiophene rings is 1. The van der Waals surface area contributed by atoms with Crippen LogP contribution in [0.1, 0.15) is 43.4 Å². The van der Waals surface area contributed by atoms with Crippen LogP contribution in [-0.2, 0) is 11.3 Å². The van der Waals surface area contributed by atoms with Gasteiger partial charge in [0.1, 0.15) is 11.4 Å². The zero-order valence-electron chi connectivity index (χ0n) is 17.3. The summed E-state index contributed by atoms with van der Waals surface area (Å²) in [6, 6.07) is 10.3. The minimum atomic E-state index is -0.117. The third kappa shape index (κ3) is 3.37. The van der Waals surface area contributed by atoms with Crippen LogP contribution in [0, 0.1) is 12.8 Å². The third-order valence-corrected chi connectivity index (χ3v) is 7.80. The Balaban J connectivity index is 1.49. The topological polar surface area (TPSA) is 55.2 Å². The summed E-state index contributed by atoms with van der Waals surface area (Å²) < 4.78 is 1.51. The van der Waals surface area contributed by atoms with Gasteiger partial charge in [-0.15, -0.1) is 11.3 Å². The van der Waals surface area contributed by atoms with Gasteiger partial charge in [-0.05, 0) is 44.1 Å². The molecular formula is C24H27N3O2S. The molecule has 3 aromatic rings. The number of likely N-dealkylation sites (tertiary alicyclic amines) is 1. The Morgan fingerprint density at radius 1 is 1.13 bits per heavy atom. The lowest BCUT2D eigenvalue weighted by Crippen LogP contribution is -2.51. The van der Waals surface area contributed by atoms with E-state index in [0.717, 1.165) is 40.2 Å². The lowest BCUT2D eigenvalue weighted by Gasteiger charge is -2.44. The van der Waals surface area contributed by atoms with Gasteiger partial charge >= 0.3 is 0 Å². The van der Waals surface area contributed by atoms with Gasteiger partial charge in [0.25, 0.3) is 5.56 Å². The molecule has 2 aromatic heterocycles. The van der Waals surface area contributed by atoms with Crippen molar-refractivity contribution in [1.82, 2.24) is 14.5 Å². The monoisotopic (exact) mass is 421 g/mol. The van der Waals surface area contributed by atoms with E-state index in [2.05, 4.69) is 9.88 Å². The number of rotatable bonds is 3. The van der Waals surface area contributed by atoms with Crippen molar-refractivity contribution in [2.75, 3.05) is 6.54 Å². The summed E-state index contributed by atoms with van der Waals surface area (Å²) in [5.41, 5.74) is 1.85. The maximum absolute atomic E-state index is 13.4. The van der Waals surface area contributed by atoms with Crippen molar-refractivity contribution in [3.63, 3.8) is 0 Å². The summed E-state index contributed by atoms with van der Waals surface area (Å²) in [5.74, 6) is 0.695. The van der Waals surface area contributed by atoms with Gasteiger partial charge < -0.3 is 4.90 Å². The molecule has 3 heterocycles. The minimum absolute atomic E-state index is 0.0584. The van der Waals surface area contributed by atoms with Crippen LogP contribution in [0.5, 0.6) is 0 Å². The van der Waals surface area contributed by atoms with Crippen molar-refractivity contribution in [2.45, 2.75) is 58.0 Å². The van der Waals surface area contributed by atoms with E-state index in [-0.39, 0.29) is 18.0 Å². The van der Waals surface area contributed by atoms with Crippen molar-refractivity contribution in [1.29, 1.82) is 0 Å². The number of nitrogens with zero attached hydrogens (tertiary/aromatic N) is 3. The molecule has 0 bridgehead atoms. The summed E-state index contributed by atoms with van der Waals surface area (Å²) in [6.07, 6.45) is 8.67.